The third-order valence-corrected chi connectivity index (χ3v) is 4.32. The minimum atomic E-state index is 0.157. The van der Waals surface area contributed by atoms with Gasteiger partial charge in [0, 0.05) is 17.9 Å². The van der Waals surface area contributed by atoms with Crippen molar-refractivity contribution in [3.8, 4) is 0 Å². The first-order chi connectivity index (χ1) is 11.8. The summed E-state index contributed by atoms with van der Waals surface area (Å²) in [7, 11) is 0. The minimum Gasteiger partial charge on any atom is -0.294 e. The molecule has 1 heteroatoms. The van der Waals surface area contributed by atoms with Crippen LogP contribution in [-0.4, -0.2) is 5.78 Å². The molecule has 0 aromatic heterocycles. The molecule has 126 valence electrons. The molecule has 0 radical (unpaired) electrons. The van der Waals surface area contributed by atoms with Crippen LogP contribution in [0.25, 0.3) is 0 Å². The van der Waals surface area contributed by atoms with Crippen molar-refractivity contribution < 1.29 is 4.79 Å². The highest BCUT2D eigenvalue weighted by molar-refractivity contribution is 5.96. The van der Waals surface area contributed by atoms with E-state index in [2.05, 4.69) is 31.2 Å². The predicted octanol–water partition coefficient (Wildman–Crippen LogP) is 6.57. The van der Waals surface area contributed by atoms with Crippen LogP contribution in [0.2, 0.25) is 0 Å². The molecule has 0 aliphatic heterocycles. The predicted molar refractivity (Wildman–Crippen MR) is 102 cm³/mol. The van der Waals surface area contributed by atoms with E-state index in [1.54, 1.807) is 0 Å². The number of hydrogen-bond donors (Lipinski definition) is 0. The summed E-state index contributed by atoms with van der Waals surface area (Å²) < 4.78 is 0. The Bertz CT molecular complexity index is 613. The summed E-state index contributed by atoms with van der Waals surface area (Å²) in [6.45, 7) is 2.23. The van der Waals surface area contributed by atoms with E-state index in [1.165, 1.54) is 31.2 Å². The standard InChI is InChI=1S/C23H28O/c1-2-3-4-5-6-9-18-22(20-14-10-7-11-15-20)19-23(24)21-16-12-8-13-17-21/h7-18,22H,2-6,19H2,1H3/b18-9+/t22-/m0/s1. The molecule has 0 unspecified atom stereocenters. The Kier molecular flexibility index (Phi) is 8.03. The molecule has 0 spiro atoms. The van der Waals surface area contributed by atoms with Crippen molar-refractivity contribution >= 4 is 5.78 Å². The maximum atomic E-state index is 12.6. The zero-order chi connectivity index (χ0) is 17.0. The fourth-order valence-electron chi connectivity index (χ4n) is 2.89. The molecule has 2 aromatic rings. The van der Waals surface area contributed by atoms with Crippen LogP contribution in [0.4, 0.5) is 0 Å². The van der Waals surface area contributed by atoms with Crippen LogP contribution in [0, 0.1) is 0 Å². The van der Waals surface area contributed by atoms with Gasteiger partial charge in [0.1, 0.15) is 0 Å². The summed E-state index contributed by atoms with van der Waals surface area (Å²) in [5.74, 6) is 0.366. The van der Waals surface area contributed by atoms with Crippen LogP contribution in [0.5, 0.6) is 0 Å². The van der Waals surface area contributed by atoms with E-state index in [1.807, 2.05) is 48.5 Å². The molecule has 0 bridgehead atoms. The molecule has 0 heterocycles. The number of carbonyl (C=O) groups excluding carboxylic acids is 1. The summed E-state index contributed by atoms with van der Waals surface area (Å²) in [6, 6.07) is 19.9. The highest BCUT2D eigenvalue weighted by Crippen LogP contribution is 2.24. The topological polar surface area (TPSA) is 17.1 Å². The van der Waals surface area contributed by atoms with Crippen molar-refractivity contribution in [3.05, 3.63) is 83.9 Å². The largest absolute Gasteiger partial charge is 0.294 e. The van der Waals surface area contributed by atoms with E-state index in [0.717, 1.165) is 12.0 Å². The SMILES string of the molecule is CCCCCC/C=C/[C@@H](CC(=O)c1ccccc1)c1ccccc1. The Balaban J connectivity index is 2.01. The van der Waals surface area contributed by atoms with Crippen LogP contribution >= 0.6 is 0 Å². The summed E-state index contributed by atoms with van der Waals surface area (Å²) in [5.41, 5.74) is 2.02. The Hall–Kier alpha value is -2.15. The maximum absolute atomic E-state index is 12.6. The summed E-state index contributed by atoms with van der Waals surface area (Å²) in [6.07, 6.45) is 11.2. The monoisotopic (exact) mass is 320 g/mol. The molecule has 1 atom stereocenters. The van der Waals surface area contributed by atoms with Gasteiger partial charge in [-0.05, 0) is 18.4 Å². The van der Waals surface area contributed by atoms with Crippen LogP contribution in [0.3, 0.4) is 0 Å². The van der Waals surface area contributed by atoms with Gasteiger partial charge in [-0.1, -0.05) is 99.0 Å². The number of ketones is 1. The van der Waals surface area contributed by atoms with Crippen LogP contribution in [0.15, 0.2) is 72.8 Å². The summed E-state index contributed by atoms with van der Waals surface area (Å²) >= 11 is 0. The molecule has 2 aromatic carbocycles. The molecule has 0 N–H and O–H groups in total. The van der Waals surface area contributed by atoms with Gasteiger partial charge in [0.05, 0.1) is 0 Å². The normalized spacial score (nSPS) is 12.4. The molecule has 2 rings (SSSR count). The van der Waals surface area contributed by atoms with Crippen molar-refractivity contribution in [2.45, 2.75) is 51.4 Å². The van der Waals surface area contributed by atoms with Crippen LogP contribution in [0.1, 0.15) is 67.3 Å². The van der Waals surface area contributed by atoms with Gasteiger partial charge in [-0.15, -0.1) is 0 Å². The molecular weight excluding hydrogens is 292 g/mol. The van der Waals surface area contributed by atoms with Crippen molar-refractivity contribution in [2.24, 2.45) is 0 Å². The fraction of sp³-hybridized carbons (Fsp3) is 0.348. The lowest BCUT2D eigenvalue weighted by molar-refractivity contribution is 0.0978. The van der Waals surface area contributed by atoms with Crippen molar-refractivity contribution in [3.63, 3.8) is 0 Å². The third kappa shape index (κ3) is 6.16. The Morgan fingerprint density at radius 1 is 0.917 bits per heavy atom. The molecular formula is C23H28O. The second kappa shape index (κ2) is 10.6. The number of hydrogen-bond acceptors (Lipinski definition) is 1. The van der Waals surface area contributed by atoms with Gasteiger partial charge in [0.2, 0.25) is 0 Å². The average molecular weight is 320 g/mol. The number of carbonyl (C=O) groups is 1. The van der Waals surface area contributed by atoms with Gasteiger partial charge in [-0.25, -0.2) is 0 Å². The number of Topliss-reactive ketones (excluding diaryl/α,β-unsaturated/α-hetero) is 1. The highest BCUT2D eigenvalue weighted by Gasteiger charge is 2.14. The lowest BCUT2D eigenvalue weighted by Crippen LogP contribution is -2.06. The Labute approximate surface area is 146 Å². The smallest absolute Gasteiger partial charge is 0.163 e. The van der Waals surface area contributed by atoms with Gasteiger partial charge < -0.3 is 0 Å². The van der Waals surface area contributed by atoms with Crippen LogP contribution in [-0.2, 0) is 0 Å². The summed E-state index contributed by atoms with van der Waals surface area (Å²) in [5, 5.41) is 0. The van der Waals surface area contributed by atoms with E-state index < -0.39 is 0 Å². The number of unbranched alkanes of at least 4 members (excludes halogenated alkanes) is 4. The maximum Gasteiger partial charge on any atom is 0.163 e. The molecule has 0 saturated carbocycles. The third-order valence-electron chi connectivity index (χ3n) is 4.32. The first kappa shape index (κ1) is 18.2. The molecule has 0 aliphatic rings. The first-order valence-corrected chi connectivity index (χ1v) is 9.11. The van der Waals surface area contributed by atoms with E-state index in [0.29, 0.717) is 6.42 Å². The first-order valence-electron chi connectivity index (χ1n) is 9.11. The van der Waals surface area contributed by atoms with Crippen molar-refractivity contribution in [1.82, 2.24) is 0 Å². The number of benzene rings is 2. The van der Waals surface area contributed by atoms with Gasteiger partial charge >= 0.3 is 0 Å². The van der Waals surface area contributed by atoms with E-state index in [4.69, 9.17) is 0 Å². The minimum absolute atomic E-state index is 0.157. The Morgan fingerprint density at radius 2 is 1.58 bits per heavy atom. The summed E-state index contributed by atoms with van der Waals surface area (Å²) in [4.78, 5) is 12.6. The van der Waals surface area contributed by atoms with Gasteiger partial charge in [-0.2, -0.15) is 0 Å². The molecule has 0 aliphatic carbocycles. The van der Waals surface area contributed by atoms with Gasteiger partial charge in [-0.3, -0.25) is 4.79 Å². The van der Waals surface area contributed by atoms with Gasteiger partial charge in [0.25, 0.3) is 0 Å². The lowest BCUT2D eigenvalue weighted by Gasteiger charge is -2.13. The highest BCUT2D eigenvalue weighted by atomic mass is 16.1. The van der Waals surface area contributed by atoms with E-state index in [-0.39, 0.29) is 11.7 Å². The van der Waals surface area contributed by atoms with Gasteiger partial charge in [0.15, 0.2) is 5.78 Å². The Morgan fingerprint density at radius 3 is 2.25 bits per heavy atom. The zero-order valence-corrected chi connectivity index (χ0v) is 14.7. The van der Waals surface area contributed by atoms with Crippen molar-refractivity contribution in [1.29, 1.82) is 0 Å². The van der Waals surface area contributed by atoms with E-state index in [9.17, 15) is 4.79 Å². The van der Waals surface area contributed by atoms with Crippen LogP contribution < -0.4 is 0 Å². The molecule has 24 heavy (non-hydrogen) atoms. The fourth-order valence-corrected chi connectivity index (χ4v) is 2.89. The number of rotatable bonds is 10. The lowest BCUT2D eigenvalue weighted by atomic mass is 9.91. The van der Waals surface area contributed by atoms with E-state index >= 15 is 0 Å². The quantitative estimate of drug-likeness (QED) is 0.275. The number of allylic oxidation sites excluding steroid dienone is 2. The second-order valence-electron chi connectivity index (χ2n) is 6.29. The average Bonchev–Trinajstić information content (AvgIpc) is 2.65. The molecule has 0 fully saturated rings. The molecule has 0 saturated heterocycles. The molecule has 1 nitrogen and oxygen atoms in total. The second-order valence-corrected chi connectivity index (χ2v) is 6.29. The zero-order valence-electron chi connectivity index (χ0n) is 14.7. The van der Waals surface area contributed by atoms with Crippen molar-refractivity contribution in [2.75, 3.05) is 0 Å². The molecule has 0 amide bonds.